The molecule has 33 heavy (non-hydrogen) atoms. The van der Waals surface area contributed by atoms with Crippen LogP contribution >= 0.6 is 0 Å². The van der Waals surface area contributed by atoms with Crippen LogP contribution in [0.15, 0.2) is 48.5 Å². The Kier molecular flexibility index (Phi) is 5.85. The van der Waals surface area contributed by atoms with Crippen LogP contribution < -0.4 is 10.2 Å². The minimum atomic E-state index is -0.359. The first kappa shape index (κ1) is 21.9. The maximum absolute atomic E-state index is 13.6. The first-order valence-corrected chi connectivity index (χ1v) is 11.9. The molecule has 5 rings (SSSR count). The fraction of sp³-hybridized carbons (Fsp3) is 0.462. The van der Waals surface area contributed by atoms with Gasteiger partial charge in [-0.05, 0) is 55.9 Å². The normalized spacial score (nSPS) is 25.4. The maximum Gasteiger partial charge on any atom is 0.327 e. The largest absolute Gasteiger partial charge is 0.343 e. The minimum absolute atomic E-state index is 0.0750. The van der Waals surface area contributed by atoms with Crippen LogP contribution in [0, 0.1) is 13.8 Å². The molecule has 3 fully saturated rings. The Hall–Kier alpha value is -2.90. The van der Waals surface area contributed by atoms with E-state index in [1.54, 1.807) is 4.90 Å². The molecule has 0 saturated carbocycles. The minimum Gasteiger partial charge on any atom is -0.343 e. The molecule has 1 N–H and O–H groups in total. The number of aryl methyl sites for hydroxylation is 2. The molecule has 174 valence electrons. The van der Waals surface area contributed by atoms with Crippen molar-refractivity contribution in [3.8, 4) is 0 Å². The molecule has 0 radical (unpaired) electrons. The molecule has 3 amide bonds. The number of benzene rings is 2. The number of carbonyl (C=O) groups is 2. The maximum atomic E-state index is 13.6. The molecule has 2 aromatic rings. The smallest absolute Gasteiger partial charge is 0.327 e. The van der Waals surface area contributed by atoms with Crippen molar-refractivity contribution in [1.29, 1.82) is 0 Å². The summed E-state index contributed by atoms with van der Waals surface area (Å²) >= 11 is 0. The van der Waals surface area contributed by atoms with Gasteiger partial charge < -0.3 is 9.80 Å². The number of urea groups is 1. The number of amides is 3. The Balaban J connectivity index is 1.35. The summed E-state index contributed by atoms with van der Waals surface area (Å²) < 4.78 is 0. The third-order valence-electron chi connectivity index (χ3n) is 7.45. The third kappa shape index (κ3) is 3.79. The van der Waals surface area contributed by atoms with Crippen LogP contribution in [0.2, 0.25) is 0 Å². The predicted octanol–water partition coefficient (Wildman–Crippen LogP) is 2.92. The number of hydrogen-bond acceptors (Lipinski definition) is 5. The van der Waals surface area contributed by atoms with Crippen molar-refractivity contribution >= 4 is 17.6 Å². The Morgan fingerprint density at radius 1 is 1.00 bits per heavy atom. The van der Waals surface area contributed by atoms with Crippen molar-refractivity contribution < 1.29 is 9.59 Å². The summed E-state index contributed by atoms with van der Waals surface area (Å²) in [6.07, 6.45) is 2.18. The molecule has 3 aliphatic rings. The van der Waals surface area contributed by atoms with E-state index in [1.165, 1.54) is 27.3 Å². The Morgan fingerprint density at radius 3 is 2.58 bits per heavy atom. The molecule has 3 atom stereocenters. The van der Waals surface area contributed by atoms with E-state index in [2.05, 4.69) is 59.3 Å². The number of likely N-dealkylation sites (N-methyl/N-ethyl adjacent to an activating group) is 1. The van der Waals surface area contributed by atoms with Gasteiger partial charge in [0.1, 0.15) is 18.5 Å². The summed E-state index contributed by atoms with van der Waals surface area (Å²) in [5.41, 5.74) is 4.93. The molecule has 3 heterocycles. The number of carbonyl (C=O) groups excluding carboxylic acids is 2. The first-order chi connectivity index (χ1) is 16.0. The van der Waals surface area contributed by atoms with E-state index in [0.717, 1.165) is 32.4 Å². The van der Waals surface area contributed by atoms with Gasteiger partial charge in [0.2, 0.25) is 0 Å². The lowest BCUT2D eigenvalue weighted by molar-refractivity contribution is -0.138. The zero-order valence-electron chi connectivity index (χ0n) is 19.7. The van der Waals surface area contributed by atoms with E-state index in [1.807, 2.05) is 25.2 Å². The van der Waals surface area contributed by atoms with E-state index in [4.69, 9.17) is 0 Å². The molecule has 3 unspecified atom stereocenters. The highest BCUT2D eigenvalue weighted by atomic mass is 16.2. The Labute approximate surface area is 195 Å². The van der Waals surface area contributed by atoms with E-state index >= 15 is 0 Å². The van der Waals surface area contributed by atoms with Gasteiger partial charge in [0.15, 0.2) is 0 Å². The highest BCUT2D eigenvalue weighted by molar-refractivity contribution is 6.00. The molecule has 0 bridgehead atoms. The topological polar surface area (TPSA) is 59.1 Å². The molecule has 0 aromatic heterocycles. The van der Waals surface area contributed by atoms with Gasteiger partial charge in [0.05, 0.1) is 0 Å². The number of hydrogen-bond donors (Lipinski definition) is 1. The van der Waals surface area contributed by atoms with Crippen LogP contribution in [0.25, 0.3) is 0 Å². The van der Waals surface area contributed by atoms with E-state index in [-0.39, 0.29) is 30.4 Å². The highest BCUT2D eigenvalue weighted by Crippen LogP contribution is 2.34. The molecule has 7 heteroatoms. The fourth-order valence-corrected chi connectivity index (χ4v) is 5.50. The number of nitrogens with one attached hydrogen (secondary N) is 1. The summed E-state index contributed by atoms with van der Waals surface area (Å²) in [6, 6.07) is 16.0. The van der Waals surface area contributed by atoms with Crippen LogP contribution in [0.1, 0.15) is 29.5 Å². The molecular weight excluding hydrogens is 414 g/mol. The van der Waals surface area contributed by atoms with Crippen LogP contribution in [0.3, 0.4) is 0 Å². The number of rotatable bonds is 5. The van der Waals surface area contributed by atoms with E-state index < -0.39 is 0 Å². The van der Waals surface area contributed by atoms with Crippen molar-refractivity contribution in [3.63, 3.8) is 0 Å². The molecule has 2 aromatic carbocycles. The highest BCUT2D eigenvalue weighted by Gasteiger charge is 2.56. The van der Waals surface area contributed by atoms with Crippen molar-refractivity contribution in [1.82, 2.24) is 20.0 Å². The molecular formula is C26H33N5O2. The Bertz CT molecular complexity index is 1040. The molecule has 0 spiro atoms. The predicted molar refractivity (Wildman–Crippen MR) is 129 cm³/mol. The van der Waals surface area contributed by atoms with Crippen molar-refractivity contribution in [3.05, 3.63) is 65.2 Å². The second kappa shape index (κ2) is 8.80. The summed E-state index contributed by atoms with van der Waals surface area (Å²) in [6.45, 7) is 6.49. The summed E-state index contributed by atoms with van der Waals surface area (Å²) in [5, 5.41) is 3.61. The van der Waals surface area contributed by atoms with Crippen LogP contribution in [-0.2, 0) is 11.2 Å². The lowest BCUT2D eigenvalue weighted by atomic mass is 10.1. The molecule has 3 saturated heterocycles. The summed E-state index contributed by atoms with van der Waals surface area (Å²) in [4.78, 5) is 34.5. The van der Waals surface area contributed by atoms with Gasteiger partial charge in [-0.3, -0.25) is 19.9 Å². The zero-order valence-corrected chi connectivity index (χ0v) is 19.7. The average Bonchev–Trinajstić information content (AvgIpc) is 3.22. The third-order valence-corrected chi connectivity index (χ3v) is 7.45. The van der Waals surface area contributed by atoms with Crippen molar-refractivity contribution in [2.24, 2.45) is 0 Å². The van der Waals surface area contributed by atoms with Gasteiger partial charge in [-0.1, -0.05) is 42.5 Å². The molecule has 0 aliphatic carbocycles. The lowest BCUT2D eigenvalue weighted by Crippen LogP contribution is -2.66. The number of fused-ring (bicyclic) bond motifs is 3. The molecule has 7 nitrogen and oxygen atoms in total. The van der Waals surface area contributed by atoms with Crippen molar-refractivity contribution in [2.45, 2.75) is 51.6 Å². The molecule has 3 aliphatic heterocycles. The van der Waals surface area contributed by atoms with Gasteiger partial charge in [0, 0.05) is 32.4 Å². The van der Waals surface area contributed by atoms with Gasteiger partial charge >= 0.3 is 6.03 Å². The fourth-order valence-electron chi connectivity index (χ4n) is 5.50. The Morgan fingerprint density at radius 2 is 1.79 bits per heavy atom. The quantitative estimate of drug-likeness (QED) is 0.764. The van der Waals surface area contributed by atoms with Crippen molar-refractivity contribution in [2.75, 3.05) is 31.6 Å². The van der Waals surface area contributed by atoms with Crippen LogP contribution in [0.4, 0.5) is 10.5 Å². The SMILES string of the molecule is Cc1cccc(N2CCCN3C4C(=O)N(CCCc5ccccc5)C(=O)N(C)C4NC23)c1C. The number of anilines is 1. The standard InChI is InChI=1S/C26H33N5O2/c1-18-10-7-14-21(19(18)2)29-16-9-17-30-22-23(27-25(29)30)28(3)26(33)31(24(22)32)15-8-13-20-11-5-4-6-12-20/h4-7,10-12,14,22-23,25,27H,8-9,13,15-17H2,1-3H3. The second-order valence-corrected chi connectivity index (χ2v) is 9.41. The first-order valence-electron chi connectivity index (χ1n) is 11.9. The number of nitrogens with zero attached hydrogens (tertiary/aromatic N) is 4. The van der Waals surface area contributed by atoms with Crippen LogP contribution in [-0.4, -0.2) is 71.8 Å². The monoisotopic (exact) mass is 447 g/mol. The second-order valence-electron chi connectivity index (χ2n) is 9.41. The summed E-state index contributed by atoms with van der Waals surface area (Å²) in [7, 11) is 1.81. The zero-order chi connectivity index (χ0) is 23.1. The average molecular weight is 448 g/mol. The van der Waals surface area contributed by atoms with Gasteiger partial charge in [0.25, 0.3) is 5.91 Å². The van der Waals surface area contributed by atoms with E-state index in [9.17, 15) is 9.59 Å². The van der Waals surface area contributed by atoms with Gasteiger partial charge in [-0.15, -0.1) is 0 Å². The van der Waals surface area contributed by atoms with Crippen LogP contribution in [0.5, 0.6) is 0 Å². The lowest BCUT2D eigenvalue weighted by Gasteiger charge is -2.44. The van der Waals surface area contributed by atoms with Gasteiger partial charge in [-0.25, -0.2) is 4.79 Å². The van der Waals surface area contributed by atoms with E-state index in [0.29, 0.717) is 6.54 Å². The summed E-state index contributed by atoms with van der Waals surface area (Å²) in [5.74, 6) is -0.0750. The van der Waals surface area contributed by atoms with Gasteiger partial charge in [-0.2, -0.15) is 0 Å². The number of imide groups is 1.